The SMILES string of the molecule is CNCC1CCN(S(=O)(=O)c2ccc(OC)c(Br)c2)C1. The van der Waals surface area contributed by atoms with Crippen LogP contribution < -0.4 is 10.1 Å². The third kappa shape index (κ3) is 3.16. The Morgan fingerprint density at radius 2 is 2.25 bits per heavy atom. The maximum atomic E-state index is 12.6. The second kappa shape index (κ2) is 6.43. The number of ether oxygens (including phenoxy) is 1. The molecule has 1 heterocycles. The van der Waals surface area contributed by atoms with Gasteiger partial charge in [0.1, 0.15) is 5.75 Å². The van der Waals surface area contributed by atoms with Gasteiger partial charge in [-0.15, -0.1) is 0 Å². The highest BCUT2D eigenvalue weighted by atomic mass is 79.9. The molecule has 1 N–H and O–H groups in total. The predicted octanol–water partition coefficient (Wildman–Crippen LogP) is 1.69. The summed E-state index contributed by atoms with van der Waals surface area (Å²) < 4.78 is 32.5. The Bertz CT molecular complexity index is 577. The summed E-state index contributed by atoms with van der Waals surface area (Å²) in [6.45, 7) is 2.00. The van der Waals surface area contributed by atoms with E-state index >= 15 is 0 Å². The lowest BCUT2D eigenvalue weighted by atomic mass is 10.1. The summed E-state index contributed by atoms with van der Waals surface area (Å²) in [7, 11) is 0.0219. The van der Waals surface area contributed by atoms with Gasteiger partial charge in [-0.25, -0.2) is 8.42 Å². The number of sulfonamides is 1. The average molecular weight is 363 g/mol. The van der Waals surface area contributed by atoms with Gasteiger partial charge < -0.3 is 10.1 Å². The first-order chi connectivity index (χ1) is 9.48. The minimum Gasteiger partial charge on any atom is -0.496 e. The summed E-state index contributed by atoms with van der Waals surface area (Å²) in [6.07, 6.45) is 0.900. The Kier molecular flexibility index (Phi) is 5.06. The molecule has 1 unspecified atom stereocenters. The molecule has 1 aromatic rings. The fraction of sp³-hybridized carbons (Fsp3) is 0.538. The van der Waals surface area contributed by atoms with Crippen molar-refractivity contribution in [3.05, 3.63) is 22.7 Å². The summed E-state index contributed by atoms with van der Waals surface area (Å²) in [5.74, 6) is 1.01. The van der Waals surface area contributed by atoms with Crippen molar-refractivity contribution in [2.45, 2.75) is 11.3 Å². The second-order valence-electron chi connectivity index (χ2n) is 4.87. The van der Waals surface area contributed by atoms with Crippen molar-refractivity contribution in [3.8, 4) is 5.75 Å². The number of nitrogens with zero attached hydrogens (tertiary/aromatic N) is 1. The maximum Gasteiger partial charge on any atom is 0.243 e. The number of hydrogen-bond donors (Lipinski definition) is 1. The minimum absolute atomic E-state index is 0.301. The molecular formula is C13H19BrN2O3S. The van der Waals surface area contributed by atoms with E-state index in [1.807, 2.05) is 7.05 Å². The lowest BCUT2D eigenvalue weighted by molar-refractivity contribution is 0.411. The van der Waals surface area contributed by atoms with Crippen molar-refractivity contribution >= 4 is 26.0 Å². The van der Waals surface area contributed by atoms with E-state index < -0.39 is 10.0 Å². The number of methoxy groups -OCH3 is 1. The molecule has 0 bridgehead atoms. The van der Waals surface area contributed by atoms with Gasteiger partial charge in [0.05, 0.1) is 16.5 Å². The number of nitrogens with one attached hydrogen (secondary N) is 1. The molecule has 2 rings (SSSR count). The third-order valence-electron chi connectivity index (χ3n) is 3.50. The topological polar surface area (TPSA) is 58.6 Å². The van der Waals surface area contributed by atoms with Crippen molar-refractivity contribution in [2.75, 3.05) is 33.8 Å². The van der Waals surface area contributed by atoms with Crippen LogP contribution in [0.4, 0.5) is 0 Å². The Hall–Kier alpha value is -0.630. The van der Waals surface area contributed by atoms with Crippen molar-refractivity contribution in [1.82, 2.24) is 9.62 Å². The first kappa shape index (κ1) is 15.8. The predicted molar refractivity (Wildman–Crippen MR) is 81.5 cm³/mol. The highest BCUT2D eigenvalue weighted by Gasteiger charge is 2.32. The van der Waals surface area contributed by atoms with Gasteiger partial charge in [0, 0.05) is 13.1 Å². The Morgan fingerprint density at radius 1 is 1.50 bits per heavy atom. The molecule has 0 spiro atoms. The van der Waals surface area contributed by atoms with Crippen LogP contribution in [0.1, 0.15) is 6.42 Å². The molecule has 1 aromatic carbocycles. The van der Waals surface area contributed by atoms with Gasteiger partial charge in [0.25, 0.3) is 0 Å². The smallest absolute Gasteiger partial charge is 0.243 e. The van der Waals surface area contributed by atoms with E-state index in [2.05, 4.69) is 21.2 Å². The second-order valence-corrected chi connectivity index (χ2v) is 7.66. The molecule has 1 saturated heterocycles. The lowest BCUT2D eigenvalue weighted by Crippen LogP contribution is -2.30. The third-order valence-corrected chi connectivity index (χ3v) is 5.98. The molecule has 5 nitrogen and oxygen atoms in total. The normalized spacial score (nSPS) is 20.2. The molecule has 1 atom stereocenters. The van der Waals surface area contributed by atoms with Crippen molar-refractivity contribution in [1.29, 1.82) is 0 Å². The van der Waals surface area contributed by atoms with E-state index in [9.17, 15) is 8.42 Å². The van der Waals surface area contributed by atoms with Gasteiger partial charge in [-0.2, -0.15) is 4.31 Å². The zero-order valence-corrected chi connectivity index (χ0v) is 14.0. The van der Waals surface area contributed by atoms with Crippen LogP contribution in [0.25, 0.3) is 0 Å². The molecule has 7 heteroatoms. The van der Waals surface area contributed by atoms with Gasteiger partial charge >= 0.3 is 0 Å². The van der Waals surface area contributed by atoms with Gasteiger partial charge in [-0.3, -0.25) is 0 Å². The first-order valence-electron chi connectivity index (χ1n) is 6.47. The van der Waals surface area contributed by atoms with Crippen LogP contribution in [-0.4, -0.2) is 46.5 Å². The highest BCUT2D eigenvalue weighted by Crippen LogP contribution is 2.30. The average Bonchev–Trinajstić information content (AvgIpc) is 2.88. The first-order valence-corrected chi connectivity index (χ1v) is 8.70. The minimum atomic E-state index is -3.42. The van der Waals surface area contributed by atoms with E-state index in [1.165, 1.54) is 0 Å². The molecule has 1 fully saturated rings. The maximum absolute atomic E-state index is 12.6. The Labute approximate surface area is 128 Å². The molecule has 0 radical (unpaired) electrons. The fourth-order valence-electron chi connectivity index (χ4n) is 2.43. The van der Waals surface area contributed by atoms with Gasteiger partial charge in [-0.1, -0.05) is 0 Å². The van der Waals surface area contributed by atoms with Crippen LogP contribution in [-0.2, 0) is 10.0 Å². The molecule has 1 aliphatic heterocycles. The van der Waals surface area contributed by atoms with Gasteiger partial charge in [0.15, 0.2) is 0 Å². The quantitative estimate of drug-likeness (QED) is 0.865. The molecule has 0 amide bonds. The molecule has 20 heavy (non-hydrogen) atoms. The largest absolute Gasteiger partial charge is 0.496 e. The van der Waals surface area contributed by atoms with Crippen LogP contribution in [0.3, 0.4) is 0 Å². The van der Waals surface area contributed by atoms with Crippen LogP contribution in [0, 0.1) is 5.92 Å². The highest BCUT2D eigenvalue weighted by molar-refractivity contribution is 9.10. The summed E-state index contributed by atoms with van der Waals surface area (Å²) >= 11 is 3.33. The molecule has 0 aromatic heterocycles. The zero-order chi connectivity index (χ0) is 14.8. The van der Waals surface area contributed by atoms with Crippen molar-refractivity contribution in [2.24, 2.45) is 5.92 Å². The van der Waals surface area contributed by atoms with E-state index in [0.29, 0.717) is 34.1 Å². The number of benzene rings is 1. The number of rotatable bonds is 5. The standard InChI is InChI=1S/C13H19BrN2O3S/c1-15-8-10-5-6-16(9-10)20(17,18)11-3-4-13(19-2)12(14)7-11/h3-4,7,10,15H,5-6,8-9H2,1-2H3. The van der Waals surface area contributed by atoms with E-state index in [0.717, 1.165) is 13.0 Å². The lowest BCUT2D eigenvalue weighted by Gasteiger charge is -2.17. The van der Waals surface area contributed by atoms with Crippen molar-refractivity contribution in [3.63, 3.8) is 0 Å². The number of hydrogen-bond acceptors (Lipinski definition) is 4. The fourth-order valence-corrected chi connectivity index (χ4v) is 4.68. The summed E-state index contributed by atoms with van der Waals surface area (Å²) in [5, 5.41) is 3.10. The van der Waals surface area contributed by atoms with Gasteiger partial charge in [0.2, 0.25) is 10.0 Å². The summed E-state index contributed by atoms with van der Waals surface area (Å²) in [4.78, 5) is 0.301. The Morgan fingerprint density at radius 3 is 2.85 bits per heavy atom. The number of halogens is 1. The van der Waals surface area contributed by atoms with Crippen LogP contribution >= 0.6 is 15.9 Å². The van der Waals surface area contributed by atoms with E-state index in [4.69, 9.17) is 4.74 Å². The van der Waals surface area contributed by atoms with E-state index in [1.54, 1.807) is 29.6 Å². The van der Waals surface area contributed by atoms with E-state index in [-0.39, 0.29) is 0 Å². The van der Waals surface area contributed by atoms with Crippen LogP contribution in [0.2, 0.25) is 0 Å². The van der Waals surface area contributed by atoms with Crippen molar-refractivity contribution < 1.29 is 13.2 Å². The zero-order valence-electron chi connectivity index (χ0n) is 11.6. The summed E-state index contributed by atoms with van der Waals surface area (Å²) in [5.41, 5.74) is 0. The summed E-state index contributed by atoms with van der Waals surface area (Å²) in [6, 6.07) is 4.85. The van der Waals surface area contributed by atoms with Gasteiger partial charge in [-0.05, 0) is 60.1 Å². The molecule has 112 valence electrons. The molecule has 1 aliphatic rings. The molecule has 0 aliphatic carbocycles. The molecular weight excluding hydrogens is 344 g/mol. The molecule has 0 saturated carbocycles. The Balaban J connectivity index is 2.21. The van der Waals surface area contributed by atoms with Crippen LogP contribution in [0.5, 0.6) is 5.75 Å². The van der Waals surface area contributed by atoms with Crippen LogP contribution in [0.15, 0.2) is 27.6 Å². The monoisotopic (exact) mass is 362 g/mol.